The molecule has 0 aliphatic rings. The van der Waals surface area contributed by atoms with E-state index in [0.29, 0.717) is 23.5 Å². The van der Waals surface area contributed by atoms with E-state index in [1.165, 1.54) is 23.0 Å². The lowest BCUT2D eigenvalue weighted by Crippen LogP contribution is -2.27. The van der Waals surface area contributed by atoms with Gasteiger partial charge in [-0.1, -0.05) is 19.1 Å². The van der Waals surface area contributed by atoms with Crippen molar-refractivity contribution >= 4 is 11.6 Å². The molecule has 0 saturated carbocycles. The highest BCUT2D eigenvalue weighted by Crippen LogP contribution is 2.18. The molecule has 8 nitrogen and oxygen atoms in total. The van der Waals surface area contributed by atoms with Gasteiger partial charge in [0.1, 0.15) is 6.54 Å². The Labute approximate surface area is 148 Å². The topological polar surface area (TPSA) is 110 Å². The van der Waals surface area contributed by atoms with Crippen LogP contribution >= 0.6 is 0 Å². The Bertz CT molecular complexity index is 1020. The first-order valence-corrected chi connectivity index (χ1v) is 8.06. The van der Waals surface area contributed by atoms with Crippen LogP contribution in [0.15, 0.2) is 58.4 Å². The van der Waals surface area contributed by atoms with Crippen LogP contribution in [0.5, 0.6) is 0 Å². The number of nitrogens with one attached hydrogen (secondary N) is 2. The lowest BCUT2D eigenvalue weighted by Gasteiger charge is -2.08. The molecule has 0 aliphatic heterocycles. The summed E-state index contributed by atoms with van der Waals surface area (Å²) in [6.45, 7) is 1.80. The fourth-order valence-electron chi connectivity index (χ4n) is 2.36. The number of carbonyl (C=O) groups is 1. The van der Waals surface area contributed by atoms with Crippen LogP contribution in [0.3, 0.4) is 0 Å². The van der Waals surface area contributed by atoms with Crippen molar-refractivity contribution in [1.82, 2.24) is 19.7 Å². The molecule has 0 radical (unpaired) electrons. The fraction of sp³-hybridized carbons (Fsp3) is 0.167. The summed E-state index contributed by atoms with van der Waals surface area (Å²) in [5, 5.41) is 9.05. The minimum atomic E-state index is -0.326. The zero-order chi connectivity index (χ0) is 18.5. The second-order valence-electron chi connectivity index (χ2n) is 5.63. The van der Waals surface area contributed by atoms with Gasteiger partial charge in [-0.25, -0.2) is 10.1 Å². The average Bonchev–Trinajstić information content (AvgIpc) is 2.65. The summed E-state index contributed by atoms with van der Waals surface area (Å²) in [7, 11) is 0. The molecule has 0 spiro atoms. The minimum absolute atomic E-state index is 0.112. The van der Waals surface area contributed by atoms with E-state index in [2.05, 4.69) is 20.5 Å². The fourth-order valence-corrected chi connectivity index (χ4v) is 2.36. The zero-order valence-corrected chi connectivity index (χ0v) is 14.1. The number of hydrogen-bond acceptors (Lipinski definition) is 5. The Morgan fingerprint density at radius 3 is 2.54 bits per heavy atom. The van der Waals surface area contributed by atoms with Crippen molar-refractivity contribution in [2.45, 2.75) is 19.9 Å². The molecular weight excluding hydrogens is 334 g/mol. The largest absolute Gasteiger partial charge is 0.325 e. The van der Waals surface area contributed by atoms with Crippen molar-refractivity contribution in [3.05, 3.63) is 75.2 Å². The van der Waals surface area contributed by atoms with Crippen molar-refractivity contribution in [2.75, 3.05) is 5.32 Å². The first-order chi connectivity index (χ1) is 12.5. The van der Waals surface area contributed by atoms with E-state index >= 15 is 0 Å². The zero-order valence-electron chi connectivity index (χ0n) is 14.1. The van der Waals surface area contributed by atoms with Crippen LogP contribution in [0, 0.1) is 0 Å². The third kappa shape index (κ3) is 4.10. The number of benzene rings is 1. The normalized spacial score (nSPS) is 10.5. The highest BCUT2D eigenvalue weighted by Gasteiger charge is 2.07. The maximum atomic E-state index is 12.1. The van der Waals surface area contributed by atoms with Gasteiger partial charge in [-0.2, -0.15) is 5.10 Å². The number of aromatic amines is 1. The van der Waals surface area contributed by atoms with E-state index in [-0.39, 0.29) is 23.6 Å². The number of rotatable bonds is 5. The predicted molar refractivity (Wildman–Crippen MR) is 96.8 cm³/mol. The molecule has 1 amide bonds. The number of aryl methyl sites for hydroxylation is 1. The molecular formula is C18H17N5O3. The van der Waals surface area contributed by atoms with Gasteiger partial charge in [-0.15, -0.1) is 0 Å². The quantitative estimate of drug-likeness (QED) is 0.718. The maximum absolute atomic E-state index is 12.1. The SMILES string of the molecule is CCc1cc(=O)n(CC(=O)Nc2ccc(-c3ccc(=O)[nH]n3)cc2)cn1. The van der Waals surface area contributed by atoms with Crippen LogP contribution in [0.4, 0.5) is 5.69 Å². The lowest BCUT2D eigenvalue weighted by molar-refractivity contribution is -0.116. The summed E-state index contributed by atoms with van der Waals surface area (Å²) >= 11 is 0. The molecule has 0 atom stereocenters. The summed E-state index contributed by atoms with van der Waals surface area (Å²) in [4.78, 5) is 39.2. The van der Waals surface area contributed by atoms with Crippen LogP contribution in [0.25, 0.3) is 11.3 Å². The number of nitrogens with zero attached hydrogens (tertiary/aromatic N) is 3. The van der Waals surface area contributed by atoms with Crippen LogP contribution in [0.1, 0.15) is 12.6 Å². The van der Waals surface area contributed by atoms with Crippen molar-refractivity contribution < 1.29 is 4.79 Å². The molecule has 8 heteroatoms. The summed E-state index contributed by atoms with van der Waals surface area (Å²) in [5.74, 6) is -0.326. The van der Waals surface area contributed by atoms with Crippen LogP contribution in [-0.2, 0) is 17.8 Å². The van der Waals surface area contributed by atoms with Gasteiger partial charge in [-0.3, -0.25) is 19.0 Å². The highest BCUT2D eigenvalue weighted by molar-refractivity contribution is 5.90. The van der Waals surface area contributed by atoms with E-state index in [1.54, 1.807) is 30.3 Å². The number of carbonyl (C=O) groups excluding carboxylic acids is 1. The monoisotopic (exact) mass is 351 g/mol. The molecule has 2 heterocycles. The number of H-pyrrole nitrogens is 1. The van der Waals surface area contributed by atoms with Gasteiger partial charge < -0.3 is 5.32 Å². The number of aromatic nitrogens is 4. The van der Waals surface area contributed by atoms with E-state index < -0.39 is 0 Å². The molecule has 0 unspecified atom stereocenters. The Balaban J connectivity index is 1.67. The van der Waals surface area contributed by atoms with Crippen LogP contribution in [0.2, 0.25) is 0 Å². The number of hydrogen-bond donors (Lipinski definition) is 2. The van der Waals surface area contributed by atoms with Crippen LogP contribution < -0.4 is 16.4 Å². The van der Waals surface area contributed by atoms with Gasteiger partial charge in [-0.05, 0) is 24.6 Å². The van der Waals surface area contributed by atoms with Crippen LogP contribution in [-0.4, -0.2) is 25.7 Å². The Morgan fingerprint density at radius 2 is 1.92 bits per heavy atom. The molecule has 0 fully saturated rings. The van der Waals surface area contributed by atoms with Gasteiger partial charge in [0, 0.05) is 29.1 Å². The van der Waals surface area contributed by atoms with Crippen molar-refractivity contribution in [3.63, 3.8) is 0 Å². The molecule has 1 aromatic carbocycles. The number of anilines is 1. The van der Waals surface area contributed by atoms with Gasteiger partial charge in [0.05, 0.1) is 12.0 Å². The summed E-state index contributed by atoms with van der Waals surface area (Å²) < 4.78 is 1.26. The van der Waals surface area contributed by atoms with E-state index in [4.69, 9.17) is 0 Å². The summed E-state index contributed by atoms with van der Waals surface area (Å²) in [6.07, 6.45) is 2.05. The molecule has 2 N–H and O–H groups in total. The first-order valence-electron chi connectivity index (χ1n) is 8.06. The first kappa shape index (κ1) is 17.3. The summed E-state index contributed by atoms with van der Waals surface area (Å²) in [5.41, 5.74) is 2.18. The molecule has 132 valence electrons. The van der Waals surface area contributed by atoms with Crippen molar-refractivity contribution in [3.8, 4) is 11.3 Å². The lowest BCUT2D eigenvalue weighted by atomic mass is 10.1. The molecule has 3 aromatic rings. The van der Waals surface area contributed by atoms with E-state index in [0.717, 1.165) is 5.56 Å². The average molecular weight is 351 g/mol. The maximum Gasteiger partial charge on any atom is 0.264 e. The van der Waals surface area contributed by atoms with E-state index in [9.17, 15) is 14.4 Å². The second kappa shape index (κ2) is 7.56. The summed E-state index contributed by atoms with van der Waals surface area (Å²) in [6, 6.07) is 11.4. The third-order valence-corrected chi connectivity index (χ3v) is 3.76. The molecule has 2 aromatic heterocycles. The van der Waals surface area contributed by atoms with Crippen molar-refractivity contribution in [1.29, 1.82) is 0 Å². The molecule has 3 rings (SSSR count). The number of amides is 1. The van der Waals surface area contributed by atoms with Gasteiger partial charge in [0.15, 0.2) is 0 Å². The Morgan fingerprint density at radius 1 is 1.15 bits per heavy atom. The highest BCUT2D eigenvalue weighted by atomic mass is 16.2. The smallest absolute Gasteiger partial charge is 0.264 e. The second-order valence-corrected chi connectivity index (χ2v) is 5.63. The molecule has 0 bridgehead atoms. The Kier molecular flexibility index (Phi) is 5.02. The van der Waals surface area contributed by atoms with Crippen molar-refractivity contribution in [2.24, 2.45) is 0 Å². The van der Waals surface area contributed by atoms with Gasteiger partial charge in [0.25, 0.3) is 11.1 Å². The molecule has 0 aliphatic carbocycles. The minimum Gasteiger partial charge on any atom is -0.325 e. The Hall–Kier alpha value is -3.55. The predicted octanol–water partition coefficient (Wildman–Crippen LogP) is 1.19. The molecule has 26 heavy (non-hydrogen) atoms. The standard InChI is InChI=1S/C18H17N5O3/c1-2-13-9-18(26)23(11-19-13)10-17(25)20-14-5-3-12(4-6-14)15-7-8-16(24)22-21-15/h3-9,11H,2,10H2,1H3,(H,20,25)(H,22,24). The van der Waals surface area contributed by atoms with Gasteiger partial charge in [0.2, 0.25) is 5.91 Å². The molecule has 0 saturated heterocycles. The van der Waals surface area contributed by atoms with E-state index in [1.807, 2.05) is 6.92 Å². The third-order valence-electron chi connectivity index (χ3n) is 3.76. The van der Waals surface area contributed by atoms with Gasteiger partial charge >= 0.3 is 0 Å².